The number of hydrogen-bond donors (Lipinski definition) is 0. The molecule has 7 nitrogen and oxygen atoms in total. The molecule has 0 N–H and O–H groups in total. The monoisotopic (exact) mass is 402 g/mol. The summed E-state index contributed by atoms with van der Waals surface area (Å²) in [7, 11) is 1.32. The summed E-state index contributed by atoms with van der Waals surface area (Å²) in [5.74, 6) is -0.739. The molecule has 0 bridgehead atoms. The lowest BCUT2D eigenvalue weighted by Crippen LogP contribution is -2.33. The first-order valence-electron chi connectivity index (χ1n) is 9.73. The Morgan fingerprint density at radius 3 is 2.79 bits per heavy atom. The molecule has 0 aromatic heterocycles. The lowest BCUT2D eigenvalue weighted by Gasteiger charge is -2.26. The number of anilines is 1. The molecule has 3 aliphatic rings. The zero-order valence-corrected chi connectivity index (χ0v) is 16.4. The van der Waals surface area contributed by atoms with Crippen LogP contribution in [-0.4, -0.2) is 55.2 Å². The fourth-order valence-electron chi connectivity index (χ4n) is 4.35. The van der Waals surface area contributed by atoms with Gasteiger partial charge in [-0.25, -0.2) is 9.18 Å². The van der Waals surface area contributed by atoms with Crippen LogP contribution in [0, 0.1) is 5.82 Å². The second kappa shape index (κ2) is 7.50. The molecule has 0 unspecified atom stereocenters. The number of benzene rings is 1. The number of methoxy groups -OCH3 is 1. The maximum Gasteiger partial charge on any atom is 0.415 e. The van der Waals surface area contributed by atoms with Crippen LogP contribution in [0.25, 0.3) is 5.57 Å². The number of carbonyl (C=O) groups is 3. The highest BCUT2D eigenvalue weighted by molar-refractivity contribution is 5.94. The first-order chi connectivity index (χ1) is 13.9. The Balaban J connectivity index is 1.56. The molecule has 2 atom stereocenters. The minimum absolute atomic E-state index is 0.00635. The quantitative estimate of drug-likeness (QED) is 0.724. The maximum atomic E-state index is 14.9. The van der Waals surface area contributed by atoms with E-state index in [9.17, 15) is 18.8 Å². The topological polar surface area (TPSA) is 76.2 Å². The van der Waals surface area contributed by atoms with Crippen molar-refractivity contribution in [3.05, 3.63) is 35.2 Å². The standard InChI is InChI=1S/C21H23FN2O5/c1-12(25)23-7-5-13(6-8-23)15-9-14-10-18-19(3-4-20(26)28-2)29-21(27)24(18)17(14)11-16(15)22/h5,9,11,18-19H,3-4,6-8,10H2,1-2H3/t18-,19-/m0/s1. The van der Waals surface area contributed by atoms with E-state index < -0.39 is 18.0 Å². The molecule has 1 fully saturated rings. The number of nitrogens with zero attached hydrogens (tertiary/aromatic N) is 2. The van der Waals surface area contributed by atoms with E-state index in [0.717, 1.165) is 11.1 Å². The van der Waals surface area contributed by atoms with Crippen LogP contribution in [0.5, 0.6) is 0 Å². The number of ether oxygens (including phenoxy) is 2. The molecule has 1 saturated heterocycles. The highest BCUT2D eigenvalue weighted by Crippen LogP contribution is 2.42. The fraction of sp³-hybridized carbons (Fsp3) is 0.476. The SMILES string of the molecule is COC(=O)CC[C@@H]1OC(=O)N2c3cc(F)c(C4=CCN(C(C)=O)CC4)cc3C[C@@H]12. The average molecular weight is 402 g/mol. The highest BCUT2D eigenvalue weighted by Gasteiger charge is 2.47. The second-order valence-electron chi connectivity index (χ2n) is 7.58. The van der Waals surface area contributed by atoms with Crippen LogP contribution < -0.4 is 4.90 Å². The van der Waals surface area contributed by atoms with E-state index in [2.05, 4.69) is 4.74 Å². The number of fused-ring (bicyclic) bond motifs is 3. The van der Waals surface area contributed by atoms with Gasteiger partial charge in [0.2, 0.25) is 5.91 Å². The van der Waals surface area contributed by atoms with Gasteiger partial charge in [-0.3, -0.25) is 14.5 Å². The van der Waals surface area contributed by atoms with Gasteiger partial charge in [0.25, 0.3) is 0 Å². The molecular weight excluding hydrogens is 379 g/mol. The number of rotatable bonds is 4. The molecule has 3 aliphatic heterocycles. The number of hydrogen-bond acceptors (Lipinski definition) is 5. The lowest BCUT2D eigenvalue weighted by atomic mass is 9.95. The predicted octanol–water partition coefficient (Wildman–Crippen LogP) is 2.66. The van der Waals surface area contributed by atoms with Gasteiger partial charge in [0.1, 0.15) is 11.9 Å². The Morgan fingerprint density at radius 1 is 1.34 bits per heavy atom. The van der Waals surface area contributed by atoms with E-state index in [1.165, 1.54) is 25.0 Å². The van der Waals surface area contributed by atoms with Crippen molar-refractivity contribution >= 4 is 29.2 Å². The molecule has 0 spiro atoms. The summed E-state index contributed by atoms with van der Waals surface area (Å²) in [6.45, 7) is 2.56. The average Bonchev–Trinajstić information content (AvgIpc) is 3.22. The summed E-state index contributed by atoms with van der Waals surface area (Å²) in [5.41, 5.74) is 2.82. The van der Waals surface area contributed by atoms with Gasteiger partial charge < -0.3 is 14.4 Å². The minimum atomic E-state index is -0.509. The van der Waals surface area contributed by atoms with E-state index in [-0.39, 0.29) is 24.3 Å². The predicted molar refractivity (Wildman–Crippen MR) is 103 cm³/mol. The van der Waals surface area contributed by atoms with Crippen molar-refractivity contribution in [3.8, 4) is 0 Å². The molecule has 154 valence electrons. The molecule has 0 radical (unpaired) electrons. The van der Waals surface area contributed by atoms with Crippen molar-refractivity contribution in [2.24, 2.45) is 0 Å². The molecule has 1 aromatic rings. The zero-order valence-electron chi connectivity index (χ0n) is 16.4. The molecular formula is C21H23FN2O5. The van der Waals surface area contributed by atoms with Gasteiger partial charge in [0.05, 0.1) is 18.8 Å². The second-order valence-corrected chi connectivity index (χ2v) is 7.58. The van der Waals surface area contributed by atoms with Gasteiger partial charge in [-0.05, 0) is 42.5 Å². The van der Waals surface area contributed by atoms with E-state index in [4.69, 9.17) is 4.74 Å². The lowest BCUT2D eigenvalue weighted by molar-refractivity contribution is -0.141. The van der Waals surface area contributed by atoms with Gasteiger partial charge in [-0.15, -0.1) is 0 Å². The van der Waals surface area contributed by atoms with Gasteiger partial charge >= 0.3 is 12.1 Å². The van der Waals surface area contributed by atoms with E-state index in [1.807, 2.05) is 12.1 Å². The third-order valence-corrected chi connectivity index (χ3v) is 5.93. The van der Waals surface area contributed by atoms with E-state index >= 15 is 0 Å². The molecule has 0 saturated carbocycles. The van der Waals surface area contributed by atoms with Gasteiger partial charge in [-0.2, -0.15) is 0 Å². The van der Waals surface area contributed by atoms with Crippen LogP contribution >= 0.6 is 0 Å². The van der Waals surface area contributed by atoms with Crippen LogP contribution in [0.4, 0.5) is 14.9 Å². The normalized spacial score (nSPS) is 22.7. The zero-order chi connectivity index (χ0) is 20.7. The van der Waals surface area contributed by atoms with Crippen molar-refractivity contribution in [3.63, 3.8) is 0 Å². The molecule has 1 aromatic carbocycles. The van der Waals surface area contributed by atoms with Crippen LogP contribution in [0.3, 0.4) is 0 Å². The Hall–Kier alpha value is -2.90. The summed E-state index contributed by atoms with van der Waals surface area (Å²) in [4.78, 5) is 38.5. The van der Waals surface area contributed by atoms with Crippen LogP contribution in [0.15, 0.2) is 18.2 Å². The maximum absolute atomic E-state index is 14.9. The summed E-state index contributed by atoms with van der Waals surface area (Å²) < 4.78 is 25.0. The Kier molecular flexibility index (Phi) is 5.02. The number of esters is 1. The first kappa shape index (κ1) is 19.4. The third-order valence-electron chi connectivity index (χ3n) is 5.93. The van der Waals surface area contributed by atoms with Crippen molar-refractivity contribution in [1.82, 2.24) is 4.90 Å². The molecule has 8 heteroatoms. The number of amides is 2. The largest absolute Gasteiger partial charge is 0.469 e. The van der Waals surface area contributed by atoms with Gasteiger partial charge in [-0.1, -0.05) is 6.08 Å². The summed E-state index contributed by atoms with van der Waals surface area (Å²) >= 11 is 0. The van der Waals surface area contributed by atoms with Crippen molar-refractivity contribution in [1.29, 1.82) is 0 Å². The highest BCUT2D eigenvalue weighted by atomic mass is 19.1. The van der Waals surface area contributed by atoms with Crippen LogP contribution in [0.2, 0.25) is 0 Å². The summed E-state index contributed by atoms with van der Waals surface area (Å²) in [6.07, 6.45) is 2.62. The summed E-state index contributed by atoms with van der Waals surface area (Å²) in [6, 6.07) is 2.96. The Morgan fingerprint density at radius 2 is 2.14 bits per heavy atom. The molecule has 2 amide bonds. The van der Waals surface area contributed by atoms with Crippen molar-refractivity contribution in [2.45, 2.75) is 44.8 Å². The number of halogens is 1. The smallest absolute Gasteiger partial charge is 0.415 e. The Labute approximate surface area is 168 Å². The molecule has 0 aliphatic carbocycles. The molecule has 29 heavy (non-hydrogen) atoms. The first-order valence-corrected chi connectivity index (χ1v) is 9.73. The van der Waals surface area contributed by atoms with E-state index in [1.54, 1.807) is 4.90 Å². The molecule has 3 heterocycles. The van der Waals surface area contributed by atoms with Crippen molar-refractivity contribution < 1.29 is 28.2 Å². The molecule has 4 rings (SSSR count). The number of cyclic esters (lactones) is 1. The minimum Gasteiger partial charge on any atom is -0.469 e. The van der Waals surface area contributed by atoms with Crippen LogP contribution in [-0.2, 0) is 25.5 Å². The Bertz CT molecular complexity index is 913. The summed E-state index contributed by atoms with van der Waals surface area (Å²) in [5, 5.41) is 0. The van der Waals surface area contributed by atoms with Crippen LogP contribution in [0.1, 0.15) is 37.3 Å². The van der Waals surface area contributed by atoms with Crippen molar-refractivity contribution in [2.75, 3.05) is 25.1 Å². The third kappa shape index (κ3) is 3.47. The van der Waals surface area contributed by atoms with E-state index in [0.29, 0.717) is 43.6 Å². The van der Waals surface area contributed by atoms with Gasteiger partial charge in [0.15, 0.2) is 0 Å². The van der Waals surface area contributed by atoms with Gasteiger partial charge in [0, 0.05) is 32.0 Å². The number of carbonyl (C=O) groups excluding carboxylic acids is 3. The fourth-order valence-corrected chi connectivity index (χ4v) is 4.35.